The third kappa shape index (κ3) is 5.27. The third-order valence-electron chi connectivity index (χ3n) is 6.29. The molecule has 0 saturated carbocycles. The summed E-state index contributed by atoms with van der Waals surface area (Å²) >= 11 is 6.00. The number of amides is 3. The summed E-state index contributed by atoms with van der Waals surface area (Å²) in [6, 6.07) is 6.33. The van der Waals surface area contributed by atoms with Gasteiger partial charge in [0.05, 0.1) is 5.60 Å². The first-order chi connectivity index (χ1) is 13.9. The highest BCUT2D eigenvalue weighted by Gasteiger charge is 2.50. The lowest BCUT2D eigenvalue weighted by molar-refractivity contribution is -0.155. The maximum Gasteiger partial charge on any atom is 0.315 e. The second kappa shape index (κ2) is 9.56. The predicted molar refractivity (Wildman–Crippen MR) is 120 cm³/mol. The Kier molecular flexibility index (Phi) is 7.80. The van der Waals surface area contributed by atoms with Gasteiger partial charge in [0.1, 0.15) is 6.04 Å². The Hall–Kier alpha value is -1.79. The molecule has 0 aromatic heterocycles. The molecule has 0 spiro atoms. The fourth-order valence-electron chi connectivity index (χ4n) is 3.99. The van der Waals surface area contributed by atoms with E-state index in [0.29, 0.717) is 24.5 Å². The summed E-state index contributed by atoms with van der Waals surface area (Å²) < 4.78 is 0. The first-order valence-electron chi connectivity index (χ1n) is 10.8. The molecule has 0 aliphatic carbocycles. The smallest absolute Gasteiger partial charge is 0.315 e. The highest BCUT2D eigenvalue weighted by atomic mass is 35.5. The summed E-state index contributed by atoms with van der Waals surface area (Å²) in [5.41, 5.74) is -0.839. The molecule has 168 valence electrons. The lowest BCUT2D eigenvalue weighted by Gasteiger charge is -2.51. The Bertz CT molecular complexity index is 751. The van der Waals surface area contributed by atoms with Gasteiger partial charge in [0.2, 0.25) is 5.91 Å². The van der Waals surface area contributed by atoms with Gasteiger partial charge in [0.25, 0.3) is 0 Å². The number of hydrogen-bond donors (Lipinski definition) is 3. The van der Waals surface area contributed by atoms with E-state index in [4.69, 9.17) is 11.6 Å². The van der Waals surface area contributed by atoms with Crippen LogP contribution < -0.4 is 10.6 Å². The lowest BCUT2D eigenvalue weighted by atomic mass is 9.66. The molecule has 0 radical (unpaired) electrons. The van der Waals surface area contributed by atoms with Crippen molar-refractivity contribution < 1.29 is 14.7 Å². The predicted octanol–water partition coefficient (Wildman–Crippen LogP) is 3.91. The second-order valence-electron chi connectivity index (χ2n) is 9.41. The van der Waals surface area contributed by atoms with Crippen molar-refractivity contribution in [3.63, 3.8) is 0 Å². The minimum absolute atomic E-state index is 0.0382. The normalized spacial score (nSPS) is 23.0. The highest BCUT2D eigenvalue weighted by Crippen LogP contribution is 2.46. The van der Waals surface area contributed by atoms with Crippen LogP contribution in [0.2, 0.25) is 5.02 Å². The van der Waals surface area contributed by atoms with Crippen molar-refractivity contribution in [1.29, 1.82) is 0 Å². The average Bonchev–Trinajstić information content (AvgIpc) is 2.67. The van der Waals surface area contributed by atoms with Crippen LogP contribution >= 0.6 is 11.6 Å². The number of nitrogens with one attached hydrogen (secondary N) is 2. The minimum atomic E-state index is -1.07. The Balaban J connectivity index is 2.15. The van der Waals surface area contributed by atoms with Crippen molar-refractivity contribution in [2.45, 2.75) is 72.1 Å². The van der Waals surface area contributed by atoms with Gasteiger partial charge in [-0.15, -0.1) is 0 Å². The largest absolute Gasteiger partial charge is 0.384 e. The molecule has 30 heavy (non-hydrogen) atoms. The van der Waals surface area contributed by atoms with Crippen LogP contribution in [0.1, 0.15) is 59.9 Å². The number of likely N-dealkylation sites (tertiary alicyclic amines) is 1. The number of rotatable bonds is 6. The zero-order valence-electron chi connectivity index (χ0n) is 19.0. The molecule has 7 heteroatoms. The van der Waals surface area contributed by atoms with E-state index >= 15 is 0 Å². The second-order valence-corrected chi connectivity index (χ2v) is 9.85. The van der Waals surface area contributed by atoms with Crippen molar-refractivity contribution in [1.82, 2.24) is 15.5 Å². The van der Waals surface area contributed by atoms with E-state index in [2.05, 4.69) is 10.6 Å². The Morgan fingerprint density at radius 2 is 1.77 bits per heavy atom. The highest BCUT2D eigenvalue weighted by molar-refractivity contribution is 6.30. The van der Waals surface area contributed by atoms with E-state index in [1.165, 1.54) is 0 Å². The van der Waals surface area contributed by atoms with E-state index in [1.54, 1.807) is 17.0 Å². The molecule has 2 rings (SSSR count). The van der Waals surface area contributed by atoms with E-state index in [0.717, 1.165) is 12.0 Å². The number of benzene rings is 1. The minimum Gasteiger partial charge on any atom is -0.384 e. The number of piperidine rings is 1. The van der Waals surface area contributed by atoms with Crippen LogP contribution in [0, 0.1) is 11.3 Å². The van der Waals surface area contributed by atoms with Gasteiger partial charge < -0.3 is 20.6 Å². The maximum absolute atomic E-state index is 13.3. The van der Waals surface area contributed by atoms with Crippen LogP contribution in [0.4, 0.5) is 4.79 Å². The molecule has 1 aliphatic rings. The van der Waals surface area contributed by atoms with Gasteiger partial charge in [-0.25, -0.2) is 4.79 Å². The van der Waals surface area contributed by atoms with Crippen LogP contribution in [0.25, 0.3) is 0 Å². The Labute approximate surface area is 185 Å². The summed E-state index contributed by atoms with van der Waals surface area (Å²) in [7, 11) is 0. The monoisotopic (exact) mass is 437 g/mol. The molecule has 3 atom stereocenters. The Morgan fingerprint density at radius 3 is 2.27 bits per heavy atom. The molecule has 1 unspecified atom stereocenters. The SMILES string of the molecule is CCC(C)NC(=O)N[C@@H](C(=O)N1CC[C@](O)(c2ccc(Cl)cc2)C(C)(C)C1)C(C)C. The third-order valence-corrected chi connectivity index (χ3v) is 6.54. The summed E-state index contributed by atoms with van der Waals surface area (Å²) in [6.45, 7) is 12.5. The number of aliphatic hydroxyl groups is 1. The van der Waals surface area contributed by atoms with Gasteiger partial charge in [-0.2, -0.15) is 0 Å². The topological polar surface area (TPSA) is 81.7 Å². The van der Waals surface area contributed by atoms with Crippen LogP contribution in [0.15, 0.2) is 24.3 Å². The Morgan fingerprint density at radius 1 is 1.17 bits per heavy atom. The van der Waals surface area contributed by atoms with Gasteiger partial charge in [-0.1, -0.05) is 58.4 Å². The maximum atomic E-state index is 13.3. The molecule has 1 aromatic rings. The van der Waals surface area contributed by atoms with Crippen molar-refractivity contribution >= 4 is 23.5 Å². The zero-order chi connectivity index (χ0) is 22.7. The van der Waals surface area contributed by atoms with Gasteiger partial charge in [-0.3, -0.25) is 4.79 Å². The van der Waals surface area contributed by atoms with Crippen molar-refractivity contribution in [2.24, 2.45) is 11.3 Å². The fraction of sp³-hybridized carbons (Fsp3) is 0.652. The van der Waals surface area contributed by atoms with Crippen LogP contribution in [-0.4, -0.2) is 47.1 Å². The quantitative estimate of drug-likeness (QED) is 0.631. The average molecular weight is 438 g/mol. The molecule has 1 aromatic carbocycles. The molecule has 1 heterocycles. The van der Waals surface area contributed by atoms with Crippen molar-refractivity contribution in [3.8, 4) is 0 Å². The lowest BCUT2D eigenvalue weighted by Crippen LogP contribution is -2.61. The molecular weight excluding hydrogens is 402 g/mol. The summed E-state index contributed by atoms with van der Waals surface area (Å²) in [4.78, 5) is 27.4. The van der Waals surface area contributed by atoms with Crippen molar-refractivity contribution in [2.75, 3.05) is 13.1 Å². The molecule has 6 nitrogen and oxygen atoms in total. The van der Waals surface area contributed by atoms with Gasteiger partial charge >= 0.3 is 6.03 Å². The molecule has 3 N–H and O–H groups in total. The number of nitrogens with zero attached hydrogens (tertiary/aromatic N) is 1. The van der Waals surface area contributed by atoms with E-state index in [9.17, 15) is 14.7 Å². The first-order valence-corrected chi connectivity index (χ1v) is 11.1. The van der Waals surface area contributed by atoms with Crippen LogP contribution in [0.3, 0.4) is 0 Å². The summed E-state index contributed by atoms with van der Waals surface area (Å²) in [6.07, 6.45) is 1.23. The van der Waals surface area contributed by atoms with Gasteiger partial charge in [0, 0.05) is 29.6 Å². The van der Waals surface area contributed by atoms with E-state index < -0.39 is 17.1 Å². The number of carbonyl (C=O) groups excluding carboxylic acids is 2. The van der Waals surface area contributed by atoms with E-state index in [1.807, 2.05) is 53.7 Å². The molecule has 1 saturated heterocycles. The van der Waals surface area contributed by atoms with Crippen molar-refractivity contribution in [3.05, 3.63) is 34.9 Å². The standard InChI is InChI=1S/C23H36ClN3O3/c1-7-16(4)25-21(29)26-19(15(2)3)20(28)27-13-12-23(30,22(5,6)14-27)17-8-10-18(24)11-9-17/h8-11,15-16,19,30H,7,12-14H2,1-6H3,(H2,25,26,29)/t16?,19-,23+/m1/s1. The molecule has 1 fully saturated rings. The van der Waals surface area contributed by atoms with Crippen LogP contribution in [-0.2, 0) is 10.4 Å². The van der Waals surface area contributed by atoms with Crippen LogP contribution in [0.5, 0.6) is 0 Å². The molecular formula is C23H36ClN3O3. The first kappa shape index (κ1) is 24.5. The number of hydrogen-bond acceptors (Lipinski definition) is 3. The molecule has 1 aliphatic heterocycles. The molecule has 0 bridgehead atoms. The van der Waals surface area contributed by atoms with Gasteiger partial charge in [0.15, 0.2) is 0 Å². The molecule has 3 amide bonds. The number of urea groups is 1. The number of carbonyl (C=O) groups is 2. The summed E-state index contributed by atoms with van der Waals surface area (Å²) in [5, 5.41) is 17.8. The number of halogens is 1. The van der Waals surface area contributed by atoms with E-state index in [-0.39, 0.29) is 23.9 Å². The zero-order valence-corrected chi connectivity index (χ0v) is 19.7. The fourth-order valence-corrected chi connectivity index (χ4v) is 4.12. The summed E-state index contributed by atoms with van der Waals surface area (Å²) in [5.74, 6) is -0.170. The van der Waals surface area contributed by atoms with Gasteiger partial charge in [-0.05, 0) is 43.4 Å².